The Kier molecular flexibility index (Phi) is 9.63. The summed E-state index contributed by atoms with van der Waals surface area (Å²) in [6.45, 7) is -0.735. The Morgan fingerprint density at radius 3 is 2.81 bits per heavy atom. The van der Waals surface area contributed by atoms with Crippen LogP contribution in [0.3, 0.4) is 0 Å². The summed E-state index contributed by atoms with van der Waals surface area (Å²) >= 11 is 0. The van der Waals surface area contributed by atoms with Crippen LogP contribution in [0, 0.1) is 0 Å². The number of benzene rings is 1. The van der Waals surface area contributed by atoms with Gasteiger partial charge in [-0.25, -0.2) is 4.57 Å². The molecule has 0 radical (unpaired) electrons. The standard InChI is InChI=1S/C19H26NO10P/c1-26-15-6-3-2-5-13(15)8-9-18(21)28-12-17-16(7-4-10-27-17)30-31(24,25)29-11-14(20)19(22)23/h2-7,14,16-17H,8-12,20H2,1H3,(H,22,23)(H,24,25)/t14-,16-,17+/m0/s1. The van der Waals surface area contributed by atoms with E-state index in [4.69, 9.17) is 29.6 Å². The first-order valence-corrected chi connectivity index (χ1v) is 10.9. The summed E-state index contributed by atoms with van der Waals surface area (Å²) < 4.78 is 37.6. The third kappa shape index (κ3) is 8.41. The van der Waals surface area contributed by atoms with Crippen LogP contribution in [0.25, 0.3) is 0 Å². The summed E-state index contributed by atoms with van der Waals surface area (Å²) in [7, 11) is -3.08. The third-order valence-corrected chi connectivity index (χ3v) is 5.27. The number of aliphatic carboxylic acids is 1. The molecule has 0 fully saturated rings. The summed E-state index contributed by atoms with van der Waals surface area (Å²) in [4.78, 5) is 32.6. The maximum absolute atomic E-state index is 12.1. The molecule has 1 aliphatic heterocycles. The number of esters is 1. The average Bonchev–Trinajstić information content (AvgIpc) is 2.75. The molecule has 2 rings (SSSR count). The second kappa shape index (κ2) is 11.9. The zero-order chi connectivity index (χ0) is 22.9. The van der Waals surface area contributed by atoms with Crippen molar-refractivity contribution in [3.8, 4) is 5.75 Å². The molecule has 0 aliphatic carbocycles. The number of aryl methyl sites for hydroxylation is 1. The van der Waals surface area contributed by atoms with Gasteiger partial charge in [0.1, 0.15) is 30.6 Å². The van der Waals surface area contributed by atoms with Crippen molar-refractivity contribution in [3.63, 3.8) is 0 Å². The number of para-hydroxylation sites is 1. The minimum Gasteiger partial charge on any atom is -0.496 e. The van der Waals surface area contributed by atoms with E-state index in [1.165, 1.54) is 6.08 Å². The van der Waals surface area contributed by atoms with Gasteiger partial charge >= 0.3 is 19.8 Å². The Labute approximate surface area is 179 Å². The number of nitrogens with two attached hydrogens (primary N) is 1. The van der Waals surface area contributed by atoms with E-state index in [-0.39, 0.29) is 19.6 Å². The first-order chi connectivity index (χ1) is 14.7. The fourth-order valence-corrected chi connectivity index (χ4v) is 3.58. The van der Waals surface area contributed by atoms with Crippen LogP contribution in [0.5, 0.6) is 5.75 Å². The molecule has 1 aromatic rings. The largest absolute Gasteiger partial charge is 0.496 e. The molecule has 1 aromatic carbocycles. The molecule has 1 aliphatic rings. The molecular weight excluding hydrogens is 433 g/mol. The van der Waals surface area contributed by atoms with E-state index in [9.17, 15) is 19.0 Å². The van der Waals surface area contributed by atoms with Crippen LogP contribution in [0.4, 0.5) is 0 Å². The number of carboxylic acids is 1. The van der Waals surface area contributed by atoms with Gasteiger partial charge in [0.05, 0.1) is 20.3 Å². The average molecular weight is 459 g/mol. The number of hydrogen-bond donors (Lipinski definition) is 3. The highest BCUT2D eigenvalue weighted by molar-refractivity contribution is 7.47. The lowest BCUT2D eigenvalue weighted by atomic mass is 10.1. The van der Waals surface area contributed by atoms with Gasteiger partial charge in [0.2, 0.25) is 0 Å². The van der Waals surface area contributed by atoms with Crippen molar-refractivity contribution >= 4 is 19.8 Å². The first kappa shape index (κ1) is 25.0. The fraction of sp³-hybridized carbons (Fsp3) is 0.474. The number of carboxylic acid groups (broad SMARTS) is 1. The van der Waals surface area contributed by atoms with Gasteiger partial charge in [0.15, 0.2) is 0 Å². The van der Waals surface area contributed by atoms with Gasteiger partial charge in [-0.05, 0) is 18.1 Å². The van der Waals surface area contributed by atoms with Crippen molar-refractivity contribution in [1.29, 1.82) is 0 Å². The van der Waals surface area contributed by atoms with E-state index in [0.29, 0.717) is 12.2 Å². The Morgan fingerprint density at radius 1 is 1.35 bits per heavy atom. The van der Waals surface area contributed by atoms with Crippen molar-refractivity contribution in [3.05, 3.63) is 42.0 Å². The molecule has 0 spiro atoms. The molecule has 0 saturated heterocycles. The summed E-state index contributed by atoms with van der Waals surface area (Å²) in [5, 5.41) is 8.71. The zero-order valence-electron chi connectivity index (χ0n) is 16.9. The molecule has 0 amide bonds. The smallest absolute Gasteiger partial charge is 0.472 e. The normalized spacial score (nSPS) is 21.1. The van der Waals surface area contributed by atoms with E-state index in [1.807, 2.05) is 18.2 Å². The van der Waals surface area contributed by atoms with Crippen molar-refractivity contribution in [2.45, 2.75) is 31.1 Å². The van der Waals surface area contributed by atoms with Crippen LogP contribution in [0.2, 0.25) is 0 Å². The molecular formula is C19H26NO10P. The Bertz CT molecular complexity index is 830. The highest BCUT2D eigenvalue weighted by Gasteiger charge is 2.34. The van der Waals surface area contributed by atoms with Crippen molar-refractivity contribution in [2.75, 3.05) is 26.9 Å². The Hall–Kier alpha value is -2.27. The number of carbonyl (C=O) groups excluding carboxylic acids is 1. The van der Waals surface area contributed by atoms with Gasteiger partial charge in [-0.15, -0.1) is 0 Å². The van der Waals surface area contributed by atoms with Crippen LogP contribution in [0.15, 0.2) is 36.4 Å². The van der Waals surface area contributed by atoms with Crippen LogP contribution < -0.4 is 10.5 Å². The number of methoxy groups -OCH3 is 1. The van der Waals surface area contributed by atoms with Gasteiger partial charge in [-0.1, -0.05) is 30.4 Å². The van der Waals surface area contributed by atoms with Crippen molar-refractivity contribution < 1.29 is 47.4 Å². The maximum Gasteiger partial charge on any atom is 0.472 e. The predicted molar refractivity (Wildman–Crippen MR) is 107 cm³/mol. The third-order valence-electron chi connectivity index (χ3n) is 4.29. The second-order valence-corrected chi connectivity index (χ2v) is 7.98. The molecule has 12 heteroatoms. The Morgan fingerprint density at radius 2 is 2.10 bits per heavy atom. The highest BCUT2D eigenvalue weighted by atomic mass is 31.2. The molecule has 11 nitrogen and oxygen atoms in total. The molecule has 172 valence electrons. The van der Waals surface area contributed by atoms with E-state index in [0.717, 1.165) is 5.56 Å². The molecule has 4 N–H and O–H groups in total. The van der Waals surface area contributed by atoms with Gasteiger partial charge in [-0.3, -0.25) is 18.6 Å². The van der Waals surface area contributed by atoms with Crippen LogP contribution in [0.1, 0.15) is 12.0 Å². The molecule has 4 atom stereocenters. The molecule has 31 heavy (non-hydrogen) atoms. The first-order valence-electron chi connectivity index (χ1n) is 9.41. The molecule has 1 unspecified atom stereocenters. The summed E-state index contributed by atoms with van der Waals surface area (Å²) in [5.41, 5.74) is 6.10. The summed E-state index contributed by atoms with van der Waals surface area (Å²) in [6.07, 6.45) is 1.65. The van der Waals surface area contributed by atoms with E-state index in [1.54, 1.807) is 19.3 Å². The lowest BCUT2D eigenvalue weighted by Crippen LogP contribution is -2.38. The van der Waals surface area contributed by atoms with Crippen LogP contribution in [-0.4, -0.2) is 67.1 Å². The number of hydrogen-bond acceptors (Lipinski definition) is 9. The van der Waals surface area contributed by atoms with Crippen molar-refractivity contribution in [2.24, 2.45) is 5.73 Å². The van der Waals surface area contributed by atoms with E-state index in [2.05, 4.69) is 4.52 Å². The maximum atomic E-state index is 12.1. The van der Waals surface area contributed by atoms with Gasteiger partial charge in [0.25, 0.3) is 0 Å². The molecule has 0 bridgehead atoms. The highest BCUT2D eigenvalue weighted by Crippen LogP contribution is 2.45. The zero-order valence-corrected chi connectivity index (χ0v) is 17.8. The van der Waals surface area contributed by atoms with Crippen molar-refractivity contribution in [1.82, 2.24) is 0 Å². The molecule has 0 aromatic heterocycles. The number of phosphoric ester groups is 1. The molecule has 0 saturated carbocycles. The summed E-state index contributed by atoms with van der Waals surface area (Å²) in [5.74, 6) is -1.21. The van der Waals surface area contributed by atoms with E-state index < -0.39 is 44.6 Å². The topological polar surface area (TPSA) is 164 Å². The number of ether oxygens (including phenoxy) is 3. The number of phosphoric acid groups is 1. The molecule has 1 heterocycles. The monoisotopic (exact) mass is 459 g/mol. The predicted octanol–water partition coefficient (Wildman–Crippen LogP) is 1.04. The minimum absolute atomic E-state index is 0.100. The van der Waals surface area contributed by atoms with Gasteiger partial charge < -0.3 is 29.9 Å². The minimum atomic E-state index is -4.63. The SMILES string of the molecule is COc1ccccc1CCC(=O)OC[C@H]1OCC=C[C@@H]1OP(=O)(O)OC[C@H](N)C(=O)O. The quantitative estimate of drug-likeness (QED) is 0.232. The van der Waals surface area contributed by atoms with Gasteiger partial charge in [0, 0.05) is 6.42 Å². The Balaban J connectivity index is 1.84. The lowest BCUT2D eigenvalue weighted by Gasteiger charge is -2.28. The van der Waals surface area contributed by atoms with Gasteiger partial charge in [-0.2, -0.15) is 0 Å². The lowest BCUT2D eigenvalue weighted by molar-refractivity contribution is -0.150. The summed E-state index contributed by atoms with van der Waals surface area (Å²) in [6, 6.07) is 5.82. The van der Waals surface area contributed by atoms with E-state index >= 15 is 0 Å². The van der Waals surface area contributed by atoms with Crippen LogP contribution >= 0.6 is 7.82 Å². The number of carbonyl (C=O) groups is 2. The van der Waals surface area contributed by atoms with Crippen LogP contribution in [-0.2, 0) is 39.1 Å². The fourth-order valence-electron chi connectivity index (χ4n) is 2.66. The second-order valence-electron chi connectivity index (χ2n) is 6.57. The number of rotatable bonds is 12.